The molecule has 24 nitrogen and oxygen atoms in total. The lowest BCUT2D eigenvalue weighted by molar-refractivity contribution is -0.336. The average Bonchev–Trinajstić information content (AvgIpc) is 1.36. The summed E-state index contributed by atoms with van der Waals surface area (Å²) in [6, 6.07) is -1.27. The number of alkyl carbamates (subject to hydrolysis) is 1. The van der Waals surface area contributed by atoms with Crippen molar-refractivity contribution < 1.29 is 102 Å². The van der Waals surface area contributed by atoms with Crippen molar-refractivity contribution in [2.45, 2.75) is 169 Å². The number of rotatable bonds is 22. The Morgan fingerprint density at radius 2 is 1.61 bits per heavy atom. The summed E-state index contributed by atoms with van der Waals surface area (Å²) in [6.45, 7) is 9.41. The molecule has 4 aliphatic heterocycles. The number of carbonyl (C=O) groups excluding carboxylic acids is 3. The molecule has 2 aliphatic carbocycles. The Balaban J connectivity index is 1.12. The maximum Gasteiger partial charge on any atom is 0.411 e. The van der Waals surface area contributed by atoms with E-state index in [0.717, 1.165) is 18.9 Å². The molecule has 4 heterocycles. The molecule has 0 spiro atoms. The van der Waals surface area contributed by atoms with Gasteiger partial charge in [-0.2, -0.15) is 5.48 Å². The van der Waals surface area contributed by atoms with Gasteiger partial charge in [-0.25, -0.2) is 4.79 Å². The number of nitrogens with one attached hydrogen (secondary N) is 3. The highest BCUT2D eigenvalue weighted by atomic mass is 127. The molecule has 8 N–H and O–H groups in total. The van der Waals surface area contributed by atoms with Gasteiger partial charge in [-0.15, -0.1) is 0 Å². The SMILES string of the molecule is CCN[C@H]1CO[C@@H](O[C@H]2[C@H](O[C@H]3C#CC=CC#C[C@]4(O)CC(=O)C(NC(=O)OC)=C3C4=CCSSSC)O[C@H](C)[C@@H](NO[C@H]3C[C@H](O)[C@H](SC(=O)c4c(C)c(I)c(O[C@@H]5O[C@@H](C)[C@H](O)[C@@H](OC)[C@H]5O)c(OC)c4OC)[C@@H](C)O3)[C@@H]2O)C[C@@H]1OC. The molecule has 6 aliphatic rings. The quantitative estimate of drug-likeness (QED) is 0.0272. The molecule has 0 saturated carbocycles. The summed E-state index contributed by atoms with van der Waals surface area (Å²) >= 11 is 2.83. The maximum atomic E-state index is 14.4. The first kappa shape index (κ1) is 68.5. The number of hydrogen-bond donors (Lipinski definition) is 8. The first-order valence-corrected chi connectivity index (χ1v) is 32.9. The fourth-order valence-corrected chi connectivity index (χ4v) is 14.7. The van der Waals surface area contributed by atoms with Crippen LogP contribution in [0.1, 0.15) is 62.9 Å². The van der Waals surface area contributed by atoms with E-state index in [1.54, 1.807) is 40.9 Å². The van der Waals surface area contributed by atoms with E-state index in [4.69, 9.17) is 61.7 Å². The van der Waals surface area contributed by atoms with Crippen molar-refractivity contribution in [3.05, 3.63) is 49.8 Å². The first-order chi connectivity index (χ1) is 40.2. The van der Waals surface area contributed by atoms with Crippen molar-refractivity contribution in [3.63, 3.8) is 0 Å². The van der Waals surface area contributed by atoms with E-state index in [1.165, 1.54) is 64.9 Å². The molecule has 4 fully saturated rings. The zero-order valence-electron chi connectivity index (χ0n) is 48.1. The van der Waals surface area contributed by atoms with Crippen LogP contribution in [0, 0.1) is 34.2 Å². The van der Waals surface area contributed by atoms with Crippen LogP contribution in [0.2, 0.25) is 0 Å². The Labute approximate surface area is 517 Å². The maximum absolute atomic E-state index is 14.4. The van der Waals surface area contributed by atoms with Gasteiger partial charge in [0.2, 0.25) is 17.2 Å². The highest BCUT2D eigenvalue weighted by Gasteiger charge is 2.52. The van der Waals surface area contributed by atoms with Crippen LogP contribution >= 0.6 is 65.8 Å². The van der Waals surface area contributed by atoms with E-state index < -0.39 is 127 Å². The first-order valence-electron chi connectivity index (χ1n) is 26.9. The third kappa shape index (κ3) is 15.7. The number of Topliss-reactive ketones (excluding diaryl/α,β-unsaturated/α-hetero) is 1. The van der Waals surface area contributed by atoms with Crippen LogP contribution in [0.3, 0.4) is 0 Å². The Morgan fingerprint density at radius 1 is 0.881 bits per heavy atom. The number of allylic oxidation sites excluding steroid dienone is 3. The molecular formula is C55H74IN3O21S4. The van der Waals surface area contributed by atoms with Crippen LogP contribution in [0.5, 0.6) is 17.2 Å². The summed E-state index contributed by atoms with van der Waals surface area (Å²) < 4.78 is 72.5. The summed E-state index contributed by atoms with van der Waals surface area (Å²) in [5.74, 6) is 11.3. The summed E-state index contributed by atoms with van der Waals surface area (Å²) in [6.07, 6.45) is -11.9. The summed E-state index contributed by atoms with van der Waals surface area (Å²) in [4.78, 5) is 47.5. The Hall–Kier alpha value is -2.94. The third-order valence-corrected chi connectivity index (χ3v) is 21.2. The molecule has 19 atom stereocenters. The van der Waals surface area contributed by atoms with E-state index in [-0.39, 0.29) is 71.2 Å². The molecule has 1 aromatic carbocycles. The lowest BCUT2D eigenvalue weighted by Crippen LogP contribution is -2.65. The number of aliphatic hydroxyl groups is 5. The number of fused-ring (bicyclic) bond motifs is 2. The highest BCUT2D eigenvalue weighted by molar-refractivity contribution is 14.1. The standard InChI is InChI=1S/C55H74IN3O21S4/c1-12-57-30-24-73-35(22-34(30)68-6)78-48-43(63)40(26(3)75-53(48)77-33-17-15-13-14-16-19-55(67)23-32(61)41(58-54(66)72-10)38(33)29(55)18-20-82-84-81-11)59-80-36-21-31(60)50(28(5)74-36)83-51(65)37-25(2)39(56)46(49(71-9)45(37)69-7)79-52-44(64)47(70-8)42(62)27(4)76-52/h13-14,18,26-28,30-31,33-36,40,42-44,47-48,50,52-53,57,59-60,62-64,67H,12,20-24H2,1-11H3,(H,58,66)/t26-,27+,28-,30+,31+,33+,34+,35+,36+,40-,42+,43+,44-,47-,48-,50-,52+,53+,55+/m1/s1. The van der Waals surface area contributed by atoms with E-state index in [0.29, 0.717) is 21.4 Å². The highest BCUT2D eigenvalue weighted by Crippen LogP contribution is 2.49. The number of methoxy groups -OCH3 is 5. The van der Waals surface area contributed by atoms with E-state index in [2.05, 4.69) is 39.8 Å². The predicted octanol–water partition coefficient (Wildman–Crippen LogP) is 3.20. The number of amides is 1. The van der Waals surface area contributed by atoms with Crippen LogP contribution in [0.25, 0.3) is 0 Å². The number of aliphatic hydroxyl groups excluding tert-OH is 4. The number of hydrogen-bond acceptors (Lipinski definition) is 27. The number of carbonyl (C=O) groups is 3. The van der Waals surface area contributed by atoms with Crippen LogP contribution < -0.4 is 30.3 Å². The monoisotopic (exact) mass is 1370 g/mol. The minimum Gasteiger partial charge on any atom is -0.492 e. The topological polar surface area (TPSA) is 308 Å². The number of ketones is 1. The third-order valence-electron chi connectivity index (χ3n) is 14.8. The summed E-state index contributed by atoms with van der Waals surface area (Å²) in [5.41, 5.74) is 1.30. The summed E-state index contributed by atoms with van der Waals surface area (Å²) in [5, 5.41) is 62.7. The van der Waals surface area contributed by atoms with E-state index in [9.17, 15) is 39.9 Å². The van der Waals surface area contributed by atoms with Gasteiger partial charge in [-0.05, 0) is 90.6 Å². The molecule has 7 rings (SSSR count). The fraction of sp³-hybridized carbons (Fsp3) is 0.655. The van der Waals surface area contributed by atoms with Gasteiger partial charge in [0.15, 0.2) is 41.8 Å². The Bertz CT molecular complexity index is 2710. The zero-order chi connectivity index (χ0) is 61.2. The second kappa shape index (κ2) is 31.5. The minimum absolute atomic E-state index is 0.0155. The molecule has 0 unspecified atom stereocenters. The predicted molar refractivity (Wildman–Crippen MR) is 320 cm³/mol. The molecule has 4 saturated heterocycles. The van der Waals surface area contributed by atoms with Crippen molar-refractivity contribution in [1.29, 1.82) is 0 Å². The van der Waals surface area contributed by atoms with Gasteiger partial charge >= 0.3 is 6.09 Å². The smallest absolute Gasteiger partial charge is 0.411 e. The number of benzene rings is 1. The lowest BCUT2D eigenvalue weighted by Gasteiger charge is -2.46. The average molecular weight is 1370 g/mol. The number of hydroxylamine groups is 1. The fourth-order valence-electron chi connectivity index (χ4n) is 10.5. The van der Waals surface area contributed by atoms with Gasteiger partial charge in [0.25, 0.3) is 0 Å². The van der Waals surface area contributed by atoms with Gasteiger partial charge in [0.05, 0.1) is 97.0 Å². The van der Waals surface area contributed by atoms with Gasteiger partial charge in [-0.1, -0.05) is 70.0 Å². The van der Waals surface area contributed by atoms with Gasteiger partial charge < -0.3 is 87.7 Å². The molecule has 1 aromatic rings. The molecule has 2 bridgehead atoms. The number of likely N-dealkylation sites (N-methyl/N-ethyl adjacent to an activating group) is 1. The normalized spacial score (nSPS) is 35.5. The molecule has 29 heteroatoms. The number of halogens is 1. The van der Waals surface area contributed by atoms with Crippen molar-refractivity contribution in [1.82, 2.24) is 16.1 Å². The van der Waals surface area contributed by atoms with Gasteiger partial charge in [0.1, 0.15) is 36.6 Å². The molecule has 0 radical (unpaired) electrons. The summed E-state index contributed by atoms with van der Waals surface area (Å²) in [7, 11) is 11.3. The largest absolute Gasteiger partial charge is 0.492 e. The van der Waals surface area contributed by atoms with Crippen LogP contribution in [0.15, 0.2) is 35.1 Å². The lowest BCUT2D eigenvalue weighted by atomic mass is 9.75. The minimum atomic E-state index is -2.05. The number of thioether (sulfide) groups is 1. The number of ether oxygens (including phenoxy) is 12. The van der Waals surface area contributed by atoms with E-state index in [1.807, 2.05) is 35.8 Å². The molecular weight excluding hydrogens is 1290 g/mol. The Morgan fingerprint density at radius 3 is 2.27 bits per heavy atom. The zero-order valence-corrected chi connectivity index (χ0v) is 53.6. The van der Waals surface area contributed by atoms with Gasteiger partial charge in [-0.3, -0.25) is 19.7 Å². The second-order valence-electron chi connectivity index (χ2n) is 20.1. The van der Waals surface area contributed by atoms with E-state index >= 15 is 0 Å². The van der Waals surface area contributed by atoms with Crippen LogP contribution in [-0.4, -0.2) is 218 Å². The van der Waals surface area contributed by atoms with Crippen molar-refractivity contribution >= 4 is 82.8 Å². The Kier molecular flexibility index (Phi) is 25.7. The molecule has 0 aromatic heterocycles. The molecule has 1 amide bonds. The molecule has 84 heavy (non-hydrogen) atoms. The van der Waals surface area contributed by atoms with Crippen LogP contribution in [0.4, 0.5) is 4.79 Å². The second-order valence-corrected chi connectivity index (χ2v) is 26.7. The van der Waals surface area contributed by atoms with Gasteiger partial charge in [0, 0.05) is 44.0 Å². The molecule has 466 valence electrons. The van der Waals surface area contributed by atoms with Crippen LogP contribution in [-0.2, 0) is 52.3 Å². The van der Waals surface area contributed by atoms with Crippen molar-refractivity contribution in [3.8, 4) is 40.9 Å². The van der Waals surface area contributed by atoms with Crippen molar-refractivity contribution in [2.24, 2.45) is 0 Å². The van der Waals surface area contributed by atoms with Crippen molar-refractivity contribution in [2.75, 3.05) is 60.7 Å².